The van der Waals surface area contributed by atoms with Gasteiger partial charge in [0.2, 0.25) is 11.8 Å². The van der Waals surface area contributed by atoms with Gasteiger partial charge in [0, 0.05) is 51.7 Å². The smallest absolute Gasteiger partial charge is 0.227 e. The van der Waals surface area contributed by atoms with Gasteiger partial charge in [0.25, 0.3) is 0 Å². The number of likely N-dealkylation sites (tertiary alicyclic amines) is 1. The van der Waals surface area contributed by atoms with Gasteiger partial charge in [0.15, 0.2) is 0 Å². The number of nitrogens with zero attached hydrogens (tertiary/aromatic N) is 3. The van der Waals surface area contributed by atoms with Crippen molar-refractivity contribution >= 4 is 11.8 Å². The van der Waals surface area contributed by atoms with Crippen LogP contribution < -0.4 is 4.74 Å². The van der Waals surface area contributed by atoms with E-state index in [1.165, 1.54) is 18.4 Å². The summed E-state index contributed by atoms with van der Waals surface area (Å²) in [6.45, 7) is 4.84. The minimum absolute atomic E-state index is 0.0155. The number of amides is 2. The number of piperazine rings is 1. The van der Waals surface area contributed by atoms with Crippen LogP contribution in [0.15, 0.2) is 24.3 Å². The predicted octanol–water partition coefficient (Wildman–Crippen LogP) is 2.52. The molecule has 1 saturated carbocycles. The zero-order chi connectivity index (χ0) is 20.2. The molecule has 4 rings (SSSR count). The van der Waals surface area contributed by atoms with Crippen LogP contribution in [0.5, 0.6) is 5.75 Å². The third-order valence-electron chi connectivity index (χ3n) is 6.78. The number of ether oxygens (including phenoxy) is 1. The number of rotatable bonds is 5. The lowest BCUT2D eigenvalue weighted by Crippen LogP contribution is -2.54. The molecule has 29 heavy (non-hydrogen) atoms. The Bertz CT molecular complexity index is 724. The van der Waals surface area contributed by atoms with E-state index in [9.17, 15) is 9.59 Å². The maximum absolute atomic E-state index is 13.1. The highest BCUT2D eigenvalue weighted by Gasteiger charge is 2.37. The van der Waals surface area contributed by atoms with Crippen molar-refractivity contribution in [2.45, 2.75) is 51.1 Å². The van der Waals surface area contributed by atoms with Gasteiger partial charge in [-0.1, -0.05) is 25.0 Å². The molecule has 1 aromatic rings. The highest BCUT2D eigenvalue weighted by atomic mass is 16.5. The molecule has 1 unspecified atom stereocenters. The Morgan fingerprint density at radius 2 is 1.86 bits per heavy atom. The second-order valence-electron chi connectivity index (χ2n) is 8.67. The first-order chi connectivity index (χ1) is 14.1. The summed E-state index contributed by atoms with van der Waals surface area (Å²) in [4.78, 5) is 31.9. The fourth-order valence-electron chi connectivity index (χ4n) is 5.06. The molecule has 0 bridgehead atoms. The molecule has 6 heteroatoms. The number of hydrogen-bond acceptors (Lipinski definition) is 4. The molecule has 2 saturated heterocycles. The molecule has 3 fully saturated rings. The van der Waals surface area contributed by atoms with E-state index in [4.69, 9.17) is 4.74 Å². The number of hydrogen-bond donors (Lipinski definition) is 0. The Morgan fingerprint density at radius 3 is 2.59 bits per heavy atom. The highest BCUT2D eigenvalue weighted by molar-refractivity contribution is 5.84. The second kappa shape index (κ2) is 9.16. The SMILES string of the molecule is COc1cccc(CN2CCN(C(=O)C3CCC(=O)N(C4CCCC4)C3)CC2)c1. The fourth-order valence-corrected chi connectivity index (χ4v) is 5.06. The van der Waals surface area contributed by atoms with Crippen molar-refractivity contribution in [1.29, 1.82) is 0 Å². The summed E-state index contributed by atoms with van der Waals surface area (Å²) in [5.41, 5.74) is 1.24. The predicted molar refractivity (Wildman–Crippen MR) is 112 cm³/mol. The second-order valence-corrected chi connectivity index (χ2v) is 8.67. The Balaban J connectivity index is 1.28. The van der Waals surface area contributed by atoms with Gasteiger partial charge in [-0.15, -0.1) is 0 Å². The van der Waals surface area contributed by atoms with Crippen molar-refractivity contribution in [3.05, 3.63) is 29.8 Å². The van der Waals surface area contributed by atoms with Crippen molar-refractivity contribution < 1.29 is 14.3 Å². The first-order valence-corrected chi connectivity index (χ1v) is 11.1. The molecule has 1 aromatic carbocycles. The summed E-state index contributed by atoms with van der Waals surface area (Å²) in [7, 11) is 1.69. The summed E-state index contributed by atoms with van der Waals surface area (Å²) >= 11 is 0. The Kier molecular flexibility index (Phi) is 6.38. The standard InChI is InChI=1S/C23H33N3O3/c1-29-21-8-4-5-18(15-21)16-24-11-13-25(14-12-24)23(28)19-9-10-22(27)26(17-19)20-6-2-3-7-20/h4-5,8,15,19-20H,2-3,6-7,9-14,16-17H2,1H3. The summed E-state index contributed by atoms with van der Waals surface area (Å²) < 4.78 is 5.31. The Hall–Kier alpha value is -2.08. The minimum atomic E-state index is -0.0155. The monoisotopic (exact) mass is 399 g/mol. The van der Waals surface area contributed by atoms with E-state index in [0.717, 1.165) is 51.3 Å². The van der Waals surface area contributed by atoms with Crippen molar-refractivity contribution in [3.63, 3.8) is 0 Å². The van der Waals surface area contributed by atoms with Crippen LogP contribution in [0.4, 0.5) is 0 Å². The van der Waals surface area contributed by atoms with Crippen LogP contribution in [0.2, 0.25) is 0 Å². The number of piperidine rings is 1. The molecule has 0 spiro atoms. The lowest BCUT2D eigenvalue weighted by molar-refractivity contribution is -0.145. The summed E-state index contributed by atoms with van der Waals surface area (Å²) in [5.74, 6) is 1.37. The van der Waals surface area contributed by atoms with Gasteiger partial charge in [0.05, 0.1) is 13.0 Å². The molecular weight excluding hydrogens is 366 g/mol. The highest BCUT2D eigenvalue weighted by Crippen LogP contribution is 2.29. The zero-order valence-corrected chi connectivity index (χ0v) is 17.5. The molecule has 2 heterocycles. The van der Waals surface area contributed by atoms with Crippen LogP contribution in [0.25, 0.3) is 0 Å². The van der Waals surface area contributed by atoms with Crippen LogP contribution >= 0.6 is 0 Å². The molecule has 1 atom stereocenters. The number of carbonyl (C=O) groups excluding carboxylic acids is 2. The van der Waals surface area contributed by atoms with Crippen LogP contribution in [-0.4, -0.2) is 72.4 Å². The maximum Gasteiger partial charge on any atom is 0.227 e. The van der Waals surface area contributed by atoms with Crippen molar-refractivity contribution in [2.75, 3.05) is 39.8 Å². The third kappa shape index (κ3) is 4.74. The van der Waals surface area contributed by atoms with E-state index in [1.54, 1.807) is 7.11 Å². The molecule has 3 aliphatic rings. The van der Waals surface area contributed by atoms with E-state index < -0.39 is 0 Å². The number of methoxy groups -OCH3 is 1. The van der Waals surface area contributed by atoms with Crippen LogP contribution in [0, 0.1) is 5.92 Å². The van der Waals surface area contributed by atoms with Gasteiger partial charge in [-0.25, -0.2) is 0 Å². The van der Waals surface area contributed by atoms with Crippen molar-refractivity contribution in [2.24, 2.45) is 5.92 Å². The Labute approximate surface area is 173 Å². The maximum atomic E-state index is 13.1. The third-order valence-corrected chi connectivity index (χ3v) is 6.78. The van der Waals surface area contributed by atoms with Crippen molar-refractivity contribution in [3.8, 4) is 5.75 Å². The average Bonchev–Trinajstić information content (AvgIpc) is 3.29. The van der Waals surface area contributed by atoms with Crippen LogP contribution in [0.3, 0.4) is 0 Å². The molecule has 2 aliphatic heterocycles. The van der Waals surface area contributed by atoms with Crippen LogP contribution in [0.1, 0.15) is 44.1 Å². The average molecular weight is 400 g/mol. The van der Waals surface area contributed by atoms with Gasteiger partial charge < -0.3 is 14.5 Å². The van der Waals surface area contributed by atoms with Gasteiger partial charge in [-0.2, -0.15) is 0 Å². The molecule has 6 nitrogen and oxygen atoms in total. The lowest BCUT2D eigenvalue weighted by Gasteiger charge is -2.40. The zero-order valence-electron chi connectivity index (χ0n) is 17.5. The summed E-state index contributed by atoms with van der Waals surface area (Å²) in [6, 6.07) is 8.56. The van der Waals surface area contributed by atoms with Gasteiger partial charge in [0.1, 0.15) is 5.75 Å². The van der Waals surface area contributed by atoms with Gasteiger partial charge in [-0.3, -0.25) is 14.5 Å². The van der Waals surface area contributed by atoms with Gasteiger partial charge in [-0.05, 0) is 37.0 Å². The van der Waals surface area contributed by atoms with E-state index in [1.807, 2.05) is 21.9 Å². The molecule has 0 N–H and O–H groups in total. The first-order valence-electron chi connectivity index (χ1n) is 11.1. The number of carbonyl (C=O) groups is 2. The summed E-state index contributed by atoms with van der Waals surface area (Å²) in [6.07, 6.45) is 5.88. The largest absolute Gasteiger partial charge is 0.497 e. The first kappa shape index (κ1) is 20.2. The van der Waals surface area contributed by atoms with Crippen molar-refractivity contribution in [1.82, 2.24) is 14.7 Å². The van der Waals surface area contributed by atoms with E-state index in [-0.39, 0.29) is 17.7 Å². The normalized spacial score (nSPS) is 24.2. The molecule has 0 radical (unpaired) electrons. The Morgan fingerprint density at radius 1 is 1.10 bits per heavy atom. The van der Waals surface area contributed by atoms with Crippen LogP contribution in [-0.2, 0) is 16.1 Å². The fraction of sp³-hybridized carbons (Fsp3) is 0.652. The van der Waals surface area contributed by atoms with E-state index >= 15 is 0 Å². The van der Waals surface area contributed by atoms with E-state index in [2.05, 4.69) is 17.0 Å². The van der Waals surface area contributed by atoms with E-state index in [0.29, 0.717) is 25.4 Å². The molecule has 2 amide bonds. The summed E-state index contributed by atoms with van der Waals surface area (Å²) in [5, 5.41) is 0. The number of benzene rings is 1. The molecule has 0 aromatic heterocycles. The quantitative estimate of drug-likeness (QED) is 0.764. The molecule has 1 aliphatic carbocycles. The van der Waals surface area contributed by atoms with Gasteiger partial charge >= 0.3 is 0 Å². The topological polar surface area (TPSA) is 53.1 Å². The minimum Gasteiger partial charge on any atom is -0.497 e. The molecule has 158 valence electrons. The lowest BCUT2D eigenvalue weighted by atomic mass is 9.94. The molecular formula is C23H33N3O3.